The predicted octanol–water partition coefficient (Wildman–Crippen LogP) is 1.32. The van der Waals surface area contributed by atoms with Gasteiger partial charge >= 0.3 is 5.97 Å². The number of hydrogen-bond acceptors (Lipinski definition) is 2. The summed E-state index contributed by atoms with van der Waals surface area (Å²) < 4.78 is 0. The summed E-state index contributed by atoms with van der Waals surface area (Å²) in [6.45, 7) is 1.71. The van der Waals surface area contributed by atoms with Crippen molar-refractivity contribution in [3.05, 3.63) is 12.2 Å². The summed E-state index contributed by atoms with van der Waals surface area (Å²) in [5.41, 5.74) is 0. The smallest absolute Gasteiger partial charge is 0.305 e. The van der Waals surface area contributed by atoms with Crippen molar-refractivity contribution in [2.24, 2.45) is 5.92 Å². The molecule has 2 N–H and O–H groups in total. The first-order valence-corrected chi connectivity index (χ1v) is 5.26. The fourth-order valence-corrected chi connectivity index (χ4v) is 1.71. The number of hydrogen-bond donors (Lipinski definition) is 2. The minimum atomic E-state index is -0.883. The molecule has 4 heteroatoms. The molecule has 1 aliphatic rings. The van der Waals surface area contributed by atoms with Crippen LogP contribution in [-0.2, 0) is 9.59 Å². The molecule has 1 rings (SSSR count). The molecule has 2 atom stereocenters. The molecule has 0 aromatic rings. The summed E-state index contributed by atoms with van der Waals surface area (Å²) in [7, 11) is 0. The van der Waals surface area contributed by atoms with Gasteiger partial charge in [-0.1, -0.05) is 12.2 Å². The number of carbonyl (C=O) groups is 2. The number of allylic oxidation sites excluding steroid dienone is 2. The molecule has 0 spiro atoms. The molecule has 0 saturated carbocycles. The van der Waals surface area contributed by atoms with E-state index in [0.29, 0.717) is 0 Å². The van der Waals surface area contributed by atoms with Crippen molar-refractivity contribution in [2.45, 2.75) is 38.6 Å². The summed E-state index contributed by atoms with van der Waals surface area (Å²) in [6, 6.07) is -0.291. The van der Waals surface area contributed by atoms with E-state index in [0.717, 1.165) is 19.3 Å². The van der Waals surface area contributed by atoms with Crippen molar-refractivity contribution in [2.75, 3.05) is 0 Å². The topological polar surface area (TPSA) is 66.4 Å². The van der Waals surface area contributed by atoms with Gasteiger partial charge in [0, 0.05) is 12.0 Å². The summed E-state index contributed by atoms with van der Waals surface area (Å²) >= 11 is 0. The summed E-state index contributed by atoms with van der Waals surface area (Å²) in [5.74, 6) is -0.884. The zero-order chi connectivity index (χ0) is 11.3. The Balaban J connectivity index is 2.34. The van der Waals surface area contributed by atoms with Crippen LogP contribution in [0.5, 0.6) is 0 Å². The molecule has 0 radical (unpaired) electrons. The second-order valence-corrected chi connectivity index (χ2v) is 3.99. The number of amides is 1. The number of nitrogens with one attached hydrogen (secondary N) is 1. The van der Waals surface area contributed by atoms with Gasteiger partial charge in [0.1, 0.15) is 0 Å². The fourth-order valence-electron chi connectivity index (χ4n) is 1.71. The van der Waals surface area contributed by atoms with Crippen molar-refractivity contribution in [3.63, 3.8) is 0 Å². The third-order valence-corrected chi connectivity index (χ3v) is 2.51. The highest BCUT2D eigenvalue weighted by Crippen LogP contribution is 2.18. The average molecular weight is 211 g/mol. The van der Waals surface area contributed by atoms with Crippen molar-refractivity contribution in [1.29, 1.82) is 0 Å². The Hall–Kier alpha value is -1.32. The lowest BCUT2D eigenvalue weighted by Gasteiger charge is -2.19. The minimum absolute atomic E-state index is 0.0195. The van der Waals surface area contributed by atoms with Crippen LogP contribution < -0.4 is 5.32 Å². The first-order chi connectivity index (χ1) is 7.09. The van der Waals surface area contributed by atoms with Gasteiger partial charge in [-0.3, -0.25) is 9.59 Å². The molecule has 1 amide bonds. The standard InChI is InChI=1S/C11H17NO3/c1-8(7-10(13)14)12-11(15)9-5-3-2-4-6-9/h2-3,8-9H,4-7H2,1H3,(H,12,15)(H,13,14). The van der Waals surface area contributed by atoms with Crippen molar-refractivity contribution >= 4 is 11.9 Å². The largest absolute Gasteiger partial charge is 0.481 e. The molecule has 0 heterocycles. The van der Waals surface area contributed by atoms with Crippen LogP contribution in [0.2, 0.25) is 0 Å². The third kappa shape index (κ3) is 4.14. The number of rotatable bonds is 4. The maximum Gasteiger partial charge on any atom is 0.305 e. The van der Waals surface area contributed by atoms with Gasteiger partial charge in [-0.2, -0.15) is 0 Å². The van der Waals surface area contributed by atoms with E-state index in [-0.39, 0.29) is 24.3 Å². The molecule has 0 aromatic heterocycles. The number of carboxylic acids is 1. The maximum absolute atomic E-state index is 11.7. The Morgan fingerprint density at radius 2 is 2.27 bits per heavy atom. The Bertz CT molecular complexity index is 273. The molecule has 84 valence electrons. The highest BCUT2D eigenvalue weighted by atomic mass is 16.4. The lowest BCUT2D eigenvalue weighted by molar-refractivity contribution is -0.137. The van der Waals surface area contributed by atoms with E-state index in [9.17, 15) is 9.59 Å². The molecule has 0 saturated heterocycles. The van der Waals surface area contributed by atoms with Gasteiger partial charge in [-0.15, -0.1) is 0 Å². The Labute approximate surface area is 89.4 Å². The Kier molecular flexibility index (Phi) is 4.34. The van der Waals surface area contributed by atoms with Crippen LogP contribution in [0.4, 0.5) is 0 Å². The van der Waals surface area contributed by atoms with E-state index < -0.39 is 5.97 Å². The van der Waals surface area contributed by atoms with Gasteiger partial charge in [0.25, 0.3) is 0 Å². The van der Waals surface area contributed by atoms with Crippen molar-refractivity contribution < 1.29 is 14.7 Å². The molecule has 2 unspecified atom stereocenters. The second kappa shape index (κ2) is 5.53. The van der Waals surface area contributed by atoms with Gasteiger partial charge in [-0.05, 0) is 26.2 Å². The maximum atomic E-state index is 11.7. The van der Waals surface area contributed by atoms with E-state index >= 15 is 0 Å². The molecule has 15 heavy (non-hydrogen) atoms. The van der Waals surface area contributed by atoms with Crippen molar-refractivity contribution in [3.8, 4) is 0 Å². The van der Waals surface area contributed by atoms with Crippen molar-refractivity contribution in [1.82, 2.24) is 5.32 Å². The zero-order valence-corrected chi connectivity index (χ0v) is 8.90. The van der Waals surface area contributed by atoms with Crippen LogP contribution in [0.15, 0.2) is 12.2 Å². The quantitative estimate of drug-likeness (QED) is 0.689. The number of carboxylic acid groups (broad SMARTS) is 1. The Morgan fingerprint density at radius 1 is 1.53 bits per heavy atom. The molecule has 0 bridgehead atoms. The fraction of sp³-hybridized carbons (Fsp3) is 0.636. The van der Waals surface area contributed by atoms with Gasteiger partial charge < -0.3 is 10.4 Å². The third-order valence-electron chi connectivity index (χ3n) is 2.51. The number of carbonyl (C=O) groups excluding carboxylic acids is 1. The van der Waals surface area contributed by atoms with E-state index in [4.69, 9.17) is 5.11 Å². The first kappa shape index (κ1) is 11.8. The van der Waals surface area contributed by atoms with E-state index in [1.165, 1.54) is 0 Å². The molecular formula is C11H17NO3. The monoisotopic (exact) mass is 211 g/mol. The molecule has 0 aromatic carbocycles. The molecule has 0 aliphatic heterocycles. The van der Waals surface area contributed by atoms with Crippen LogP contribution in [0.1, 0.15) is 32.6 Å². The van der Waals surface area contributed by atoms with Crippen LogP contribution in [0.3, 0.4) is 0 Å². The lowest BCUT2D eigenvalue weighted by atomic mass is 9.93. The number of aliphatic carboxylic acids is 1. The normalized spacial score (nSPS) is 22.1. The van der Waals surface area contributed by atoms with Gasteiger partial charge in [0.2, 0.25) is 5.91 Å². The van der Waals surface area contributed by atoms with Crippen LogP contribution >= 0.6 is 0 Å². The minimum Gasteiger partial charge on any atom is -0.481 e. The van der Waals surface area contributed by atoms with E-state index in [1.54, 1.807) is 6.92 Å². The highest BCUT2D eigenvalue weighted by molar-refractivity contribution is 5.80. The van der Waals surface area contributed by atoms with Crippen LogP contribution in [-0.4, -0.2) is 23.0 Å². The second-order valence-electron chi connectivity index (χ2n) is 3.99. The van der Waals surface area contributed by atoms with Crippen LogP contribution in [0, 0.1) is 5.92 Å². The lowest BCUT2D eigenvalue weighted by Crippen LogP contribution is -2.38. The highest BCUT2D eigenvalue weighted by Gasteiger charge is 2.20. The summed E-state index contributed by atoms with van der Waals surface area (Å²) in [6.07, 6.45) is 6.63. The average Bonchev–Trinajstić information content (AvgIpc) is 2.17. The predicted molar refractivity (Wildman–Crippen MR) is 56.3 cm³/mol. The first-order valence-electron chi connectivity index (χ1n) is 5.26. The molecular weight excluding hydrogens is 194 g/mol. The van der Waals surface area contributed by atoms with Gasteiger partial charge in [0.05, 0.1) is 6.42 Å². The molecule has 1 aliphatic carbocycles. The molecule has 4 nitrogen and oxygen atoms in total. The zero-order valence-electron chi connectivity index (χ0n) is 8.90. The van der Waals surface area contributed by atoms with Crippen LogP contribution in [0.25, 0.3) is 0 Å². The van der Waals surface area contributed by atoms with E-state index in [1.807, 2.05) is 6.08 Å². The summed E-state index contributed by atoms with van der Waals surface area (Å²) in [4.78, 5) is 22.1. The Morgan fingerprint density at radius 3 is 2.80 bits per heavy atom. The van der Waals surface area contributed by atoms with Gasteiger partial charge in [-0.25, -0.2) is 0 Å². The van der Waals surface area contributed by atoms with E-state index in [2.05, 4.69) is 11.4 Å². The molecule has 0 fully saturated rings. The van der Waals surface area contributed by atoms with Gasteiger partial charge in [0.15, 0.2) is 0 Å². The summed E-state index contributed by atoms with van der Waals surface area (Å²) in [5, 5.41) is 11.3. The SMILES string of the molecule is CC(CC(=O)O)NC(=O)C1CC=CCC1.